The molecule has 3 unspecified atom stereocenters. The number of nitrogens with zero attached hydrogens (tertiary/aromatic N) is 1. The smallest absolute Gasteiger partial charge is 0.304 e. The maximum atomic E-state index is 5.38. The molecule has 3 fully saturated rings. The largest absolute Gasteiger partial charge is 0.379 e. The molecule has 0 spiro atoms. The fraction of sp³-hybridized carbons (Fsp3) is 0.933. The quantitative estimate of drug-likeness (QED) is 0.719. The first-order chi connectivity index (χ1) is 9.83. The summed E-state index contributed by atoms with van der Waals surface area (Å²) in [5, 5.41) is 5.85. The van der Waals surface area contributed by atoms with Gasteiger partial charge in [-0.2, -0.15) is 0 Å². The minimum atomic E-state index is 0.704. The SMILES string of the molecule is CC1CCCC2SC(=[NH+]CCCN3CCOCC3)NC12. The van der Waals surface area contributed by atoms with Crippen molar-refractivity contribution in [2.45, 2.75) is 43.9 Å². The van der Waals surface area contributed by atoms with Crippen molar-refractivity contribution in [3.63, 3.8) is 0 Å². The third-order valence-electron chi connectivity index (χ3n) is 4.77. The Bertz CT molecular complexity index is 344. The molecule has 2 saturated heterocycles. The van der Waals surface area contributed by atoms with Gasteiger partial charge in [-0.3, -0.25) is 15.2 Å². The molecule has 4 nitrogen and oxygen atoms in total. The van der Waals surface area contributed by atoms with Crippen molar-refractivity contribution in [2.24, 2.45) is 5.92 Å². The minimum absolute atomic E-state index is 0.704. The fourth-order valence-electron chi connectivity index (χ4n) is 3.49. The van der Waals surface area contributed by atoms with Gasteiger partial charge in [0.2, 0.25) is 0 Å². The summed E-state index contributed by atoms with van der Waals surface area (Å²) >= 11 is 2.05. The highest BCUT2D eigenvalue weighted by Crippen LogP contribution is 2.36. The molecule has 1 saturated carbocycles. The average molecular weight is 298 g/mol. The summed E-state index contributed by atoms with van der Waals surface area (Å²) in [7, 11) is 0. The third-order valence-corrected chi connectivity index (χ3v) is 6.10. The standard InChI is InChI=1S/C15H27N3OS/c1-12-4-2-5-13-14(12)17-15(20-13)16-6-3-7-18-8-10-19-11-9-18/h12-14H,2-11H2,1H3,(H,16,17)/p+1. The molecule has 2 N–H and O–H groups in total. The predicted octanol–water partition coefficient (Wildman–Crippen LogP) is 0.0389. The third kappa shape index (κ3) is 3.68. The first kappa shape index (κ1) is 14.7. The Morgan fingerprint density at radius 1 is 1.35 bits per heavy atom. The van der Waals surface area contributed by atoms with Crippen LogP contribution < -0.4 is 10.3 Å². The molecule has 0 aromatic rings. The van der Waals surface area contributed by atoms with E-state index in [4.69, 9.17) is 4.74 Å². The Kier molecular flexibility index (Phi) is 5.24. The van der Waals surface area contributed by atoms with Crippen LogP contribution in [0.3, 0.4) is 0 Å². The van der Waals surface area contributed by atoms with Crippen LogP contribution in [0.25, 0.3) is 0 Å². The van der Waals surface area contributed by atoms with Gasteiger partial charge in [-0.25, -0.2) is 0 Å². The van der Waals surface area contributed by atoms with Gasteiger partial charge in [0.15, 0.2) is 0 Å². The van der Waals surface area contributed by atoms with Crippen molar-refractivity contribution >= 4 is 16.9 Å². The lowest BCUT2D eigenvalue weighted by Crippen LogP contribution is -2.75. The molecule has 2 aliphatic heterocycles. The van der Waals surface area contributed by atoms with Crippen LogP contribution in [-0.4, -0.2) is 60.8 Å². The molecule has 3 atom stereocenters. The normalized spacial score (nSPS) is 36.9. The molecule has 0 radical (unpaired) electrons. The highest BCUT2D eigenvalue weighted by Gasteiger charge is 2.42. The van der Waals surface area contributed by atoms with Gasteiger partial charge >= 0.3 is 5.17 Å². The minimum Gasteiger partial charge on any atom is -0.379 e. The second kappa shape index (κ2) is 7.14. The summed E-state index contributed by atoms with van der Waals surface area (Å²) in [6.07, 6.45) is 5.39. The monoisotopic (exact) mass is 298 g/mol. The molecular weight excluding hydrogens is 270 g/mol. The van der Waals surface area contributed by atoms with Gasteiger partial charge < -0.3 is 4.74 Å². The topological polar surface area (TPSA) is 38.5 Å². The highest BCUT2D eigenvalue weighted by molar-refractivity contribution is 8.14. The molecule has 2 heterocycles. The highest BCUT2D eigenvalue weighted by atomic mass is 32.2. The fourth-order valence-corrected chi connectivity index (χ4v) is 4.95. The molecule has 3 aliphatic rings. The van der Waals surface area contributed by atoms with E-state index in [0.717, 1.165) is 44.0 Å². The molecule has 3 rings (SSSR count). The second-order valence-electron chi connectivity index (χ2n) is 6.30. The lowest BCUT2D eigenvalue weighted by atomic mass is 9.86. The number of morpholine rings is 1. The Labute approximate surface area is 126 Å². The van der Waals surface area contributed by atoms with Crippen LogP contribution in [-0.2, 0) is 4.74 Å². The van der Waals surface area contributed by atoms with Gasteiger partial charge in [0.25, 0.3) is 0 Å². The molecule has 20 heavy (non-hydrogen) atoms. The van der Waals surface area contributed by atoms with Crippen molar-refractivity contribution in [3.05, 3.63) is 0 Å². The zero-order valence-electron chi connectivity index (χ0n) is 12.6. The summed E-state index contributed by atoms with van der Waals surface area (Å²) in [6.45, 7) is 8.69. The Morgan fingerprint density at radius 3 is 3.00 bits per heavy atom. The summed E-state index contributed by atoms with van der Waals surface area (Å²) < 4.78 is 5.38. The first-order valence-electron chi connectivity index (χ1n) is 8.17. The van der Waals surface area contributed by atoms with Gasteiger partial charge in [0.05, 0.1) is 25.0 Å². The zero-order valence-corrected chi connectivity index (χ0v) is 13.4. The molecule has 5 heteroatoms. The number of hydrogen-bond acceptors (Lipinski definition) is 3. The van der Waals surface area contributed by atoms with E-state index in [2.05, 4.69) is 22.1 Å². The number of thioether (sulfide) groups is 1. The Hall–Kier alpha value is -0.260. The van der Waals surface area contributed by atoms with Gasteiger partial charge in [-0.1, -0.05) is 13.3 Å². The summed E-state index contributed by atoms with van der Waals surface area (Å²) in [4.78, 5) is 6.12. The average Bonchev–Trinajstić information content (AvgIpc) is 2.89. The van der Waals surface area contributed by atoms with Gasteiger partial charge in [-0.05, 0) is 36.9 Å². The molecule has 114 valence electrons. The van der Waals surface area contributed by atoms with Gasteiger partial charge in [0.1, 0.15) is 6.04 Å². The molecule has 1 aliphatic carbocycles. The van der Waals surface area contributed by atoms with E-state index in [1.54, 1.807) is 0 Å². The number of fused-ring (bicyclic) bond motifs is 1. The van der Waals surface area contributed by atoms with Gasteiger partial charge in [0, 0.05) is 19.6 Å². The van der Waals surface area contributed by atoms with Crippen molar-refractivity contribution in [2.75, 3.05) is 39.4 Å². The summed E-state index contributed by atoms with van der Waals surface area (Å²) in [5.74, 6) is 0.828. The van der Waals surface area contributed by atoms with Gasteiger partial charge in [-0.15, -0.1) is 0 Å². The van der Waals surface area contributed by atoms with Crippen LogP contribution >= 0.6 is 11.8 Å². The molecule has 0 bridgehead atoms. The van der Waals surface area contributed by atoms with E-state index < -0.39 is 0 Å². The Morgan fingerprint density at radius 2 is 2.20 bits per heavy atom. The van der Waals surface area contributed by atoms with E-state index in [0.29, 0.717) is 6.04 Å². The number of rotatable bonds is 4. The lowest BCUT2D eigenvalue weighted by Gasteiger charge is -2.26. The zero-order chi connectivity index (χ0) is 13.8. The van der Waals surface area contributed by atoms with Crippen molar-refractivity contribution in [3.8, 4) is 0 Å². The molecule has 0 aromatic carbocycles. The van der Waals surface area contributed by atoms with E-state index in [9.17, 15) is 0 Å². The predicted molar refractivity (Wildman–Crippen MR) is 84.0 cm³/mol. The molecular formula is C15H28N3OS+. The number of amidine groups is 1. The number of hydrogen-bond donors (Lipinski definition) is 2. The van der Waals surface area contributed by atoms with E-state index >= 15 is 0 Å². The van der Waals surface area contributed by atoms with Crippen molar-refractivity contribution in [1.29, 1.82) is 0 Å². The van der Waals surface area contributed by atoms with E-state index in [1.165, 1.54) is 37.4 Å². The second-order valence-corrected chi connectivity index (χ2v) is 7.55. The first-order valence-corrected chi connectivity index (χ1v) is 9.05. The van der Waals surface area contributed by atoms with E-state index in [-0.39, 0.29) is 0 Å². The maximum Gasteiger partial charge on any atom is 0.304 e. The van der Waals surface area contributed by atoms with Crippen LogP contribution in [0, 0.1) is 5.92 Å². The van der Waals surface area contributed by atoms with Crippen molar-refractivity contribution in [1.82, 2.24) is 10.2 Å². The lowest BCUT2D eigenvalue weighted by molar-refractivity contribution is -0.456. The summed E-state index contributed by atoms with van der Waals surface area (Å²) in [6, 6.07) is 0.704. The van der Waals surface area contributed by atoms with Crippen LogP contribution in [0.5, 0.6) is 0 Å². The van der Waals surface area contributed by atoms with Crippen LogP contribution in [0.4, 0.5) is 0 Å². The molecule has 0 aromatic heterocycles. The number of ether oxygens (including phenoxy) is 1. The maximum absolute atomic E-state index is 5.38. The van der Waals surface area contributed by atoms with E-state index in [1.807, 2.05) is 11.8 Å². The van der Waals surface area contributed by atoms with Crippen LogP contribution in [0.1, 0.15) is 32.6 Å². The van der Waals surface area contributed by atoms with Crippen LogP contribution in [0.2, 0.25) is 0 Å². The number of nitrogens with one attached hydrogen (secondary N) is 2. The Balaban J connectivity index is 1.39. The molecule has 0 amide bonds. The van der Waals surface area contributed by atoms with Crippen molar-refractivity contribution < 1.29 is 9.73 Å². The summed E-state index contributed by atoms with van der Waals surface area (Å²) in [5.41, 5.74) is 0. The van der Waals surface area contributed by atoms with Crippen LogP contribution in [0.15, 0.2) is 0 Å².